The largest absolute Gasteiger partial charge is 0.349 e. The Morgan fingerprint density at radius 3 is 2.63 bits per heavy atom. The van der Waals surface area contributed by atoms with E-state index in [0.29, 0.717) is 16.5 Å². The summed E-state index contributed by atoms with van der Waals surface area (Å²) in [6, 6.07) is 20.4. The number of benzene rings is 2. The zero-order chi connectivity index (χ0) is 20.9. The standard InChI is InChI=1S/C23H18ClN3O2S/c24-18-9-2-1-7-16(18)13-21-23(29)27(19-10-3-4-11-20(19)30-21)15-22(28)26-14-17-8-5-6-12-25-17/h1-13H,14-15H2,(H,26,28)/b21-13+. The van der Waals surface area contributed by atoms with Crippen molar-refractivity contribution < 1.29 is 9.59 Å². The highest BCUT2D eigenvalue weighted by molar-refractivity contribution is 8.04. The minimum Gasteiger partial charge on any atom is -0.349 e. The molecule has 0 fully saturated rings. The lowest BCUT2D eigenvalue weighted by Gasteiger charge is -2.29. The van der Waals surface area contributed by atoms with E-state index < -0.39 is 0 Å². The summed E-state index contributed by atoms with van der Waals surface area (Å²) in [6.45, 7) is 0.226. The Balaban J connectivity index is 1.57. The first-order valence-electron chi connectivity index (χ1n) is 9.33. The summed E-state index contributed by atoms with van der Waals surface area (Å²) >= 11 is 7.64. The molecule has 0 unspecified atom stereocenters. The smallest absolute Gasteiger partial charge is 0.265 e. The molecule has 0 bridgehead atoms. The van der Waals surface area contributed by atoms with Gasteiger partial charge in [-0.15, -0.1) is 0 Å². The summed E-state index contributed by atoms with van der Waals surface area (Å²) in [4.78, 5) is 32.9. The topological polar surface area (TPSA) is 62.3 Å². The number of para-hydroxylation sites is 1. The molecule has 5 nitrogen and oxygen atoms in total. The second kappa shape index (κ2) is 9.15. The number of anilines is 1. The normalized spacial score (nSPS) is 14.5. The van der Waals surface area contributed by atoms with E-state index in [4.69, 9.17) is 11.6 Å². The molecule has 1 aliphatic rings. The fourth-order valence-corrected chi connectivity index (χ4v) is 4.28. The maximum Gasteiger partial charge on any atom is 0.265 e. The number of hydrogen-bond acceptors (Lipinski definition) is 4. The number of halogens is 1. The van der Waals surface area contributed by atoms with Crippen LogP contribution in [0, 0.1) is 0 Å². The summed E-state index contributed by atoms with van der Waals surface area (Å²) in [6.07, 6.45) is 3.44. The molecule has 0 saturated carbocycles. The van der Waals surface area contributed by atoms with E-state index in [2.05, 4.69) is 10.3 Å². The van der Waals surface area contributed by atoms with Crippen molar-refractivity contribution in [2.75, 3.05) is 11.4 Å². The van der Waals surface area contributed by atoms with Gasteiger partial charge < -0.3 is 5.32 Å². The number of hydrogen-bond donors (Lipinski definition) is 1. The average molecular weight is 436 g/mol. The molecule has 1 aliphatic heterocycles. The molecule has 1 N–H and O–H groups in total. The zero-order valence-electron chi connectivity index (χ0n) is 15.9. The number of carbonyl (C=O) groups is 2. The molecule has 7 heteroatoms. The Bertz CT molecular complexity index is 1120. The number of aromatic nitrogens is 1. The van der Waals surface area contributed by atoms with Crippen molar-refractivity contribution >= 4 is 46.9 Å². The summed E-state index contributed by atoms with van der Waals surface area (Å²) in [5, 5.41) is 3.40. The summed E-state index contributed by atoms with van der Waals surface area (Å²) in [7, 11) is 0. The Labute approximate surface area is 183 Å². The van der Waals surface area contributed by atoms with Gasteiger partial charge in [-0.25, -0.2) is 0 Å². The fraction of sp³-hybridized carbons (Fsp3) is 0.0870. The fourth-order valence-electron chi connectivity index (χ4n) is 3.04. The number of carbonyl (C=O) groups excluding carboxylic acids is 2. The summed E-state index contributed by atoms with van der Waals surface area (Å²) in [5.74, 6) is -0.487. The molecule has 2 heterocycles. The van der Waals surface area contributed by atoms with Crippen LogP contribution in [-0.4, -0.2) is 23.3 Å². The van der Waals surface area contributed by atoms with Gasteiger partial charge in [-0.1, -0.05) is 59.8 Å². The molecule has 0 spiro atoms. The molecule has 3 aromatic rings. The van der Waals surface area contributed by atoms with Crippen LogP contribution in [0.2, 0.25) is 5.02 Å². The van der Waals surface area contributed by atoms with E-state index in [-0.39, 0.29) is 18.4 Å². The highest BCUT2D eigenvalue weighted by Gasteiger charge is 2.30. The van der Waals surface area contributed by atoms with Crippen LogP contribution in [0.3, 0.4) is 0 Å². The summed E-state index contributed by atoms with van der Waals surface area (Å²) in [5.41, 5.74) is 2.23. The maximum atomic E-state index is 13.2. The van der Waals surface area contributed by atoms with Crippen LogP contribution >= 0.6 is 23.4 Å². The molecule has 2 aromatic carbocycles. The molecule has 2 amide bonds. The molecule has 0 atom stereocenters. The Kier molecular flexibility index (Phi) is 6.16. The van der Waals surface area contributed by atoms with Crippen LogP contribution in [0.1, 0.15) is 11.3 Å². The third-order valence-electron chi connectivity index (χ3n) is 4.52. The maximum absolute atomic E-state index is 13.2. The number of amides is 2. The van der Waals surface area contributed by atoms with Crippen LogP contribution in [0.15, 0.2) is 82.7 Å². The molecule has 0 radical (unpaired) electrons. The molecule has 1 aromatic heterocycles. The number of nitrogens with one attached hydrogen (secondary N) is 1. The second-order valence-electron chi connectivity index (χ2n) is 6.59. The van der Waals surface area contributed by atoms with E-state index in [9.17, 15) is 9.59 Å². The van der Waals surface area contributed by atoms with Crippen molar-refractivity contribution in [3.8, 4) is 0 Å². The Hall–Kier alpha value is -3.09. The first kappa shape index (κ1) is 20.2. The Morgan fingerprint density at radius 1 is 1.07 bits per heavy atom. The second-order valence-corrected chi connectivity index (χ2v) is 8.08. The van der Waals surface area contributed by atoms with Gasteiger partial charge in [0.1, 0.15) is 6.54 Å². The van der Waals surface area contributed by atoms with Gasteiger partial charge in [0.2, 0.25) is 5.91 Å². The van der Waals surface area contributed by atoms with E-state index in [0.717, 1.165) is 21.8 Å². The molecule has 0 aliphatic carbocycles. The third kappa shape index (κ3) is 4.56. The van der Waals surface area contributed by atoms with Gasteiger partial charge in [-0.05, 0) is 42.0 Å². The number of fused-ring (bicyclic) bond motifs is 1. The minimum atomic E-state index is -0.257. The minimum absolute atomic E-state index is 0.0803. The molecular formula is C23H18ClN3O2S. The van der Waals surface area contributed by atoms with E-state index in [1.54, 1.807) is 18.3 Å². The van der Waals surface area contributed by atoms with Crippen molar-refractivity contribution in [2.45, 2.75) is 11.4 Å². The van der Waals surface area contributed by atoms with E-state index in [1.165, 1.54) is 16.7 Å². The van der Waals surface area contributed by atoms with Gasteiger partial charge in [0, 0.05) is 16.1 Å². The molecule has 0 saturated heterocycles. The Morgan fingerprint density at radius 2 is 1.83 bits per heavy atom. The quantitative estimate of drug-likeness (QED) is 0.598. The van der Waals surface area contributed by atoms with Crippen molar-refractivity contribution in [1.82, 2.24) is 10.3 Å². The third-order valence-corrected chi connectivity index (χ3v) is 5.94. The lowest BCUT2D eigenvalue weighted by molar-refractivity contribution is -0.122. The predicted molar refractivity (Wildman–Crippen MR) is 120 cm³/mol. The van der Waals surface area contributed by atoms with E-state index >= 15 is 0 Å². The van der Waals surface area contributed by atoms with Gasteiger partial charge in [-0.2, -0.15) is 0 Å². The zero-order valence-corrected chi connectivity index (χ0v) is 17.5. The molecule has 4 rings (SSSR count). The lowest BCUT2D eigenvalue weighted by Crippen LogP contribution is -2.42. The first-order chi connectivity index (χ1) is 14.6. The van der Waals surface area contributed by atoms with Gasteiger partial charge >= 0.3 is 0 Å². The van der Waals surface area contributed by atoms with Crippen molar-refractivity contribution in [3.05, 3.63) is 94.1 Å². The number of rotatable bonds is 5. The van der Waals surface area contributed by atoms with E-state index in [1.807, 2.05) is 60.7 Å². The monoisotopic (exact) mass is 435 g/mol. The van der Waals surface area contributed by atoms with Gasteiger partial charge in [0.25, 0.3) is 5.91 Å². The van der Waals surface area contributed by atoms with Crippen LogP contribution in [0.25, 0.3) is 6.08 Å². The average Bonchev–Trinajstić information content (AvgIpc) is 2.77. The van der Waals surface area contributed by atoms with Crippen LogP contribution < -0.4 is 10.2 Å². The number of nitrogens with zero attached hydrogens (tertiary/aromatic N) is 2. The number of pyridine rings is 1. The lowest BCUT2D eigenvalue weighted by atomic mass is 10.2. The SMILES string of the molecule is O=C(CN1C(=O)/C(=C\c2ccccc2Cl)Sc2ccccc21)NCc1ccccn1. The van der Waals surface area contributed by atoms with Gasteiger partial charge in [0.05, 0.1) is 22.8 Å². The first-order valence-corrected chi connectivity index (χ1v) is 10.5. The predicted octanol–water partition coefficient (Wildman–Crippen LogP) is 4.53. The van der Waals surface area contributed by atoms with Crippen LogP contribution in [0.4, 0.5) is 5.69 Å². The molecular weight excluding hydrogens is 418 g/mol. The van der Waals surface area contributed by atoms with Gasteiger partial charge in [-0.3, -0.25) is 19.5 Å². The van der Waals surface area contributed by atoms with Crippen LogP contribution in [0.5, 0.6) is 0 Å². The van der Waals surface area contributed by atoms with Gasteiger partial charge in [0.15, 0.2) is 0 Å². The number of thioether (sulfide) groups is 1. The molecule has 30 heavy (non-hydrogen) atoms. The van der Waals surface area contributed by atoms with Crippen molar-refractivity contribution in [1.29, 1.82) is 0 Å². The molecule has 150 valence electrons. The summed E-state index contributed by atoms with van der Waals surface area (Å²) < 4.78 is 0. The van der Waals surface area contributed by atoms with Crippen molar-refractivity contribution in [2.24, 2.45) is 0 Å². The highest BCUT2D eigenvalue weighted by atomic mass is 35.5. The van der Waals surface area contributed by atoms with Crippen LogP contribution in [-0.2, 0) is 16.1 Å². The highest BCUT2D eigenvalue weighted by Crippen LogP contribution is 2.42. The van der Waals surface area contributed by atoms with Crippen molar-refractivity contribution in [3.63, 3.8) is 0 Å².